The second kappa shape index (κ2) is 13.2. The summed E-state index contributed by atoms with van der Waals surface area (Å²) in [6.07, 6.45) is 8.38. The van der Waals surface area contributed by atoms with E-state index in [1.807, 2.05) is 6.20 Å². The van der Waals surface area contributed by atoms with Crippen LogP contribution < -0.4 is 15.5 Å². The van der Waals surface area contributed by atoms with Gasteiger partial charge in [-0.2, -0.15) is 0 Å². The van der Waals surface area contributed by atoms with Crippen LogP contribution in [0, 0.1) is 6.92 Å². The number of aromatic nitrogens is 2. The zero-order valence-electron chi connectivity index (χ0n) is 21.1. The highest BCUT2D eigenvalue weighted by atomic mass is 127. The molecule has 33 heavy (non-hydrogen) atoms. The van der Waals surface area contributed by atoms with E-state index in [1.54, 1.807) is 0 Å². The molecule has 0 spiro atoms. The molecule has 0 saturated carbocycles. The number of hydrogen-bond acceptors (Lipinski definition) is 3. The number of halogens is 1. The molecule has 3 rings (SSSR count). The van der Waals surface area contributed by atoms with Crippen LogP contribution in [0.3, 0.4) is 0 Å². The van der Waals surface area contributed by atoms with Gasteiger partial charge in [0.2, 0.25) is 0 Å². The Morgan fingerprint density at radius 2 is 1.82 bits per heavy atom. The number of rotatable bonds is 8. The highest BCUT2D eigenvalue weighted by Crippen LogP contribution is 2.26. The predicted octanol–water partition coefficient (Wildman–Crippen LogP) is 5.11. The molecule has 2 heterocycles. The van der Waals surface area contributed by atoms with Crippen LogP contribution in [0.2, 0.25) is 0 Å². The minimum Gasteiger partial charge on any atom is -0.371 e. The molecule has 2 N–H and O–H groups in total. The summed E-state index contributed by atoms with van der Waals surface area (Å²) in [4.78, 5) is 11.6. The highest BCUT2D eigenvalue weighted by molar-refractivity contribution is 14.0. The molecule has 0 unspecified atom stereocenters. The Morgan fingerprint density at radius 3 is 2.39 bits per heavy atom. The number of anilines is 1. The summed E-state index contributed by atoms with van der Waals surface area (Å²) in [5.41, 5.74) is 2.94. The Bertz CT molecular complexity index is 844. The van der Waals surface area contributed by atoms with Crippen molar-refractivity contribution in [3.63, 3.8) is 0 Å². The van der Waals surface area contributed by atoms with Crippen LogP contribution in [0.15, 0.2) is 41.7 Å². The number of hydrogen-bond donors (Lipinski definition) is 2. The number of unbranched alkanes of at least 4 members (excludes halogenated alkanes) is 1. The molecule has 184 valence electrons. The van der Waals surface area contributed by atoms with Crippen molar-refractivity contribution >= 4 is 35.6 Å². The van der Waals surface area contributed by atoms with Crippen molar-refractivity contribution in [3.8, 4) is 0 Å². The number of imidazole rings is 1. The van der Waals surface area contributed by atoms with E-state index in [1.165, 1.54) is 11.3 Å². The molecule has 0 aliphatic carbocycles. The van der Waals surface area contributed by atoms with Gasteiger partial charge in [-0.25, -0.2) is 4.98 Å². The summed E-state index contributed by atoms with van der Waals surface area (Å²) in [7, 11) is 0. The van der Waals surface area contributed by atoms with Crippen LogP contribution in [0.5, 0.6) is 0 Å². The summed E-state index contributed by atoms with van der Waals surface area (Å²) in [6.45, 7) is 15.9. The fourth-order valence-corrected chi connectivity index (χ4v) is 4.19. The first kappa shape index (κ1) is 27.5. The van der Waals surface area contributed by atoms with Crippen LogP contribution in [-0.4, -0.2) is 47.7 Å². The minimum atomic E-state index is 0. The molecule has 0 bridgehead atoms. The summed E-state index contributed by atoms with van der Waals surface area (Å²) < 4.78 is 2.21. The van der Waals surface area contributed by atoms with Gasteiger partial charge in [0, 0.05) is 56.8 Å². The van der Waals surface area contributed by atoms with Gasteiger partial charge in [-0.15, -0.1) is 24.0 Å². The van der Waals surface area contributed by atoms with Gasteiger partial charge in [0.05, 0.1) is 0 Å². The van der Waals surface area contributed by atoms with Crippen molar-refractivity contribution in [3.05, 3.63) is 48.0 Å². The molecule has 1 fully saturated rings. The fourth-order valence-electron chi connectivity index (χ4n) is 4.19. The van der Waals surface area contributed by atoms with E-state index in [0.29, 0.717) is 6.04 Å². The molecule has 1 aliphatic heterocycles. The zero-order chi connectivity index (χ0) is 23.0. The second-order valence-corrected chi connectivity index (χ2v) is 9.84. The van der Waals surface area contributed by atoms with Crippen LogP contribution in [-0.2, 0) is 12.0 Å². The molecular weight excluding hydrogens is 523 g/mol. The Hall–Kier alpha value is -1.77. The third-order valence-electron chi connectivity index (χ3n) is 6.28. The van der Waals surface area contributed by atoms with Crippen molar-refractivity contribution in [1.29, 1.82) is 0 Å². The summed E-state index contributed by atoms with van der Waals surface area (Å²) >= 11 is 0. The maximum atomic E-state index is 4.81. The quantitative estimate of drug-likeness (QED) is 0.202. The molecule has 0 amide bonds. The van der Waals surface area contributed by atoms with Crippen LogP contribution in [0.4, 0.5) is 5.69 Å². The Kier molecular flexibility index (Phi) is 11.0. The van der Waals surface area contributed by atoms with E-state index in [0.717, 1.165) is 70.2 Å². The fraction of sp³-hybridized carbons (Fsp3) is 0.615. The first-order valence-corrected chi connectivity index (χ1v) is 12.2. The number of nitrogens with zero attached hydrogens (tertiary/aromatic N) is 4. The smallest absolute Gasteiger partial charge is 0.191 e. The Balaban J connectivity index is 0.00000385. The molecule has 7 heteroatoms. The van der Waals surface area contributed by atoms with Crippen molar-refractivity contribution in [1.82, 2.24) is 20.2 Å². The van der Waals surface area contributed by atoms with E-state index in [9.17, 15) is 0 Å². The summed E-state index contributed by atoms with van der Waals surface area (Å²) in [6, 6.07) is 9.61. The van der Waals surface area contributed by atoms with Gasteiger partial charge in [0.25, 0.3) is 0 Å². The van der Waals surface area contributed by atoms with Gasteiger partial charge in [-0.05, 0) is 62.6 Å². The monoisotopic (exact) mass is 566 g/mol. The average molecular weight is 567 g/mol. The molecular formula is C26H43IN6. The molecule has 1 aromatic carbocycles. The number of aliphatic imine (C=N–C) groups is 1. The number of guanidine groups is 1. The molecule has 1 aliphatic rings. The Morgan fingerprint density at radius 1 is 1.12 bits per heavy atom. The van der Waals surface area contributed by atoms with Crippen molar-refractivity contribution in [2.45, 2.75) is 78.3 Å². The van der Waals surface area contributed by atoms with E-state index in [4.69, 9.17) is 4.99 Å². The molecule has 1 aromatic heterocycles. The zero-order valence-corrected chi connectivity index (χ0v) is 23.4. The highest BCUT2D eigenvalue weighted by Gasteiger charge is 2.21. The van der Waals surface area contributed by atoms with Crippen LogP contribution in [0.1, 0.15) is 64.8 Å². The standard InChI is InChI=1S/C26H42N6.HI/c1-6-27-25(29-15-7-8-17-31-20-16-28-21(31)2)30-23-13-18-32(19-14-23)24-11-9-22(10-12-24)26(3,4)5;/h9-12,16,20,23H,6-8,13-15,17-19H2,1-5H3,(H2,27,29,30);1H. The van der Waals surface area contributed by atoms with Gasteiger partial charge in [0.1, 0.15) is 5.82 Å². The van der Waals surface area contributed by atoms with Gasteiger partial charge in [-0.3, -0.25) is 4.99 Å². The molecule has 1 saturated heterocycles. The van der Waals surface area contributed by atoms with Gasteiger partial charge >= 0.3 is 0 Å². The first-order chi connectivity index (χ1) is 15.4. The van der Waals surface area contributed by atoms with Crippen LogP contribution >= 0.6 is 24.0 Å². The van der Waals surface area contributed by atoms with Crippen molar-refractivity contribution in [2.24, 2.45) is 4.99 Å². The van der Waals surface area contributed by atoms with E-state index in [-0.39, 0.29) is 29.4 Å². The largest absolute Gasteiger partial charge is 0.371 e. The lowest BCUT2D eigenvalue weighted by molar-refractivity contribution is 0.461. The molecule has 0 radical (unpaired) electrons. The van der Waals surface area contributed by atoms with Crippen molar-refractivity contribution in [2.75, 3.05) is 31.1 Å². The number of nitrogens with one attached hydrogen (secondary N) is 2. The topological polar surface area (TPSA) is 57.5 Å². The van der Waals surface area contributed by atoms with E-state index >= 15 is 0 Å². The van der Waals surface area contributed by atoms with E-state index < -0.39 is 0 Å². The predicted molar refractivity (Wildman–Crippen MR) is 151 cm³/mol. The first-order valence-electron chi connectivity index (χ1n) is 12.2. The molecule has 6 nitrogen and oxygen atoms in total. The van der Waals surface area contributed by atoms with Crippen LogP contribution in [0.25, 0.3) is 0 Å². The van der Waals surface area contributed by atoms with Gasteiger partial charge in [-0.1, -0.05) is 32.9 Å². The number of piperidine rings is 1. The van der Waals surface area contributed by atoms with Gasteiger partial charge in [0.15, 0.2) is 5.96 Å². The van der Waals surface area contributed by atoms with Crippen molar-refractivity contribution < 1.29 is 0 Å². The normalized spacial score (nSPS) is 15.3. The Labute approximate surface area is 217 Å². The second-order valence-electron chi connectivity index (χ2n) is 9.84. The number of benzene rings is 1. The summed E-state index contributed by atoms with van der Waals surface area (Å²) in [5.74, 6) is 2.04. The lowest BCUT2D eigenvalue weighted by Gasteiger charge is -2.35. The molecule has 2 aromatic rings. The average Bonchev–Trinajstić information content (AvgIpc) is 3.18. The third kappa shape index (κ3) is 8.50. The number of aryl methyl sites for hydroxylation is 2. The van der Waals surface area contributed by atoms with Gasteiger partial charge < -0.3 is 20.1 Å². The lowest BCUT2D eigenvalue weighted by atomic mass is 9.87. The third-order valence-corrected chi connectivity index (χ3v) is 6.28. The SMILES string of the molecule is CCNC(=NCCCCn1ccnc1C)NC1CCN(c2ccc(C(C)(C)C)cc2)CC1.I. The lowest BCUT2D eigenvalue weighted by Crippen LogP contribution is -2.48. The maximum Gasteiger partial charge on any atom is 0.191 e. The molecule has 0 atom stereocenters. The van der Waals surface area contributed by atoms with E-state index in [2.05, 4.69) is 90.2 Å². The maximum absolute atomic E-state index is 4.81. The summed E-state index contributed by atoms with van der Waals surface area (Å²) in [5, 5.41) is 7.09. The minimum absolute atomic E-state index is 0.